The van der Waals surface area contributed by atoms with Crippen molar-refractivity contribution in [3.8, 4) is 5.75 Å². The molecule has 35 heavy (non-hydrogen) atoms. The lowest BCUT2D eigenvalue weighted by Gasteiger charge is -2.24. The predicted molar refractivity (Wildman–Crippen MR) is 143 cm³/mol. The molecule has 0 aliphatic carbocycles. The van der Waals surface area contributed by atoms with Crippen molar-refractivity contribution in [3.63, 3.8) is 0 Å². The molecular weight excluding hydrogens is 528 g/mol. The predicted octanol–water partition coefficient (Wildman–Crippen LogP) is 5.45. The number of sulfonamides is 1. The van der Waals surface area contributed by atoms with Crippen LogP contribution in [-0.2, 0) is 20.2 Å². The molecular formula is C27H31BrN2O4S. The van der Waals surface area contributed by atoms with Crippen LogP contribution in [0.25, 0.3) is 0 Å². The molecule has 6 nitrogen and oxygen atoms in total. The maximum Gasteiger partial charge on any atom is 0.264 e. The van der Waals surface area contributed by atoms with E-state index in [2.05, 4.69) is 42.0 Å². The fourth-order valence-electron chi connectivity index (χ4n) is 3.53. The number of anilines is 1. The van der Waals surface area contributed by atoms with Gasteiger partial charge in [0.2, 0.25) is 5.91 Å². The van der Waals surface area contributed by atoms with Crippen LogP contribution < -0.4 is 14.4 Å². The van der Waals surface area contributed by atoms with Gasteiger partial charge in [-0.25, -0.2) is 8.42 Å². The minimum atomic E-state index is -3.96. The molecule has 3 rings (SSSR count). The standard InChI is InChI=1S/C27H31BrN2O4S/c1-20-12-14-23(15-13-20)35(32,33)30(22-9-7-8-21(28)18-22)19-26(31)29-16-17-34-25-11-6-5-10-24(25)27(2,3)4/h5-15,18H,16-17,19H2,1-4H3,(H,29,31). The van der Waals surface area contributed by atoms with Crippen molar-refractivity contribution in [2.45, 2.75) is 38.0 Å². The average molecular weight is 560 g/mol. The van der Waals surface area contributed by atoms with E-state index in [9.17, 15) is 13.2 Å². The molecule has 0 aromatic heterocycles. The Hall–Kier alpha value is -2.84. The number of halogens is 1. The maximum atomic E-state index is 13.4. The van der Waals surface area contributed by atoms with Gasteiger partial charge >= 0.3 is 0 Å². The molecule has 0 unspecified atom stereocenters. The van der Waals surface area contributed by atoms with Crippen LogP contribution in [0.3, 0.4) is 0 Å². The number of para-hydroxylation sites is 1. The smallest absolute Gasteiger partial charge is 0.264 e. The second kappa shape index (κ2) is 11.3. The van der Waals surface area contributed by atoms with E-state index >= 15 is 0 Å². The number of nitrogens with zero attached hydrogens (tertiary/aromatic N) is 1. The van der Waals surface area contributed by atoms with Gasteiger partial charge < -0.3 is 10.1 Å². The number of ether oxygens (including phenoxy) is 1. The highest BCUT2D eigenvalue weighted by Gasteiger charge is 2.27. The summed E-state index contributed by atoms with van der Waals surface area (Å²) in [7, 11) is -3.96. The fraction of sp³-hybridized carbons (Fsp3) is 0.296. The molecule has 0 atom stereocenters. The number of rotatable bonds is 9. The Labute approximate surface area is 216 Å². The van der Waals surface area contributed by atoms with Crippen LogP contribution >= 0.6 is 15.9 Å². The highest BCUT2D eigenvalue weighted by molar-refractivity contribution is 9.10. The van der Waals surface area contributed by atoms with Crippen molar-refractivity contribution in [2.75, 3.05) is 24.0 Å². The summed E-state index contributed by atoms with van der Waals surface area (Å²) in [4.78, 5) is 12.9. The van der Waals surface area contributed by atoms with Crippen LogP contribution in [0.5, 0.6) is 5.75 Å². The Morgan fingerprint density at radius 1 is 1.00 bits per heavy atom. The van der Waals surface area contributed by atoms with Crippen LogP contribution in [0.4, 0.5) is 5.69 Å². The summed E-state index contributed by atoms with van der Waals surface area (Å²) in [5.74, 6) is 0.348. The van der Waals surface area contributed by atoms with Gasteiger partial charge in [-0.3, -0.25) is 9.10 Å². The highest BCUT2D eigenvalue weighted by atomic mass is 79.9. The second-order valence-corrected chi connectivity index (χ2v) is 12.0. The van der Waals surface area contributed by atoms with Crippen LogP contribution in [0, 0.1) is 6.92 Å². The van der Waals surface area contributed by atoms with E-state index in [4.69, 9.17) is 4.74 Å². The molecule has 1 N–H and O–H groups in total. The van der Waals surface area contributed by atoms with Crippen molar-refractivity contribution in [3.05, 3.63) is 88.4 Å². The minimum Gasteiger partial charge on any atom is -0.491 e. The summed E-state index contributed by atoms with van der Waals surface area (Å²) >= 11 is 3.38. The Balaban J connectivity index is 1.71. The largest absolute Gasteiger partial charge is 0.491 e. The molecule has 0 saturated heterocycles. The van der Waals surface area contributed by atoms with Crippen LogP contribution in [0.15, 0.2) is 82.2 Å². The van der Waals surface area contributed by atoms with Crippen molar-refractivity contribution in [2.24, 2.45) is 0 Å². The van der Waals surface area contributed by atoms with Gasteiger partial charge in [-0.2, -0.15) is 0 Å². The Bertz CT molecular complexity index is 1270. The molecule has 3 aromatic carbocycles. The third kappa shape index (κ3) is 7.08. The van der Waals surface area contributed by atoms with Gasteiger partial charge in [-0.1, -0.05) is 78.7 Å². The van der Waals surface area contributed by atoms with Gasteiger partial charge in [0.1, 0.15) is 18.9 Å². The Morgan fingerprint density at radius 2 is 1.69 bits per heavy atom. The lowest BCUT2D eigenvalue weighted by Crippen LogP contribution is -2.42. The first-order chi connectivity index (χ1) is 16.5. The number of carbonyl (C=O) groups is 1. The number of carbonyl (C=O) groups excluding carboxylic acids is 1. The van der Waals surface area contributed by atoms with E-state index in [1.807, 2.05) is 31.2 Å². The molecule has 1 amide bonds. The number of amides is 1. The van der Waals surface area contributed by atoms with Crippen LogP contribution in [-0.4, -0.2) is 34.0 Å². The maximum absolute atomic E-state index is 13.4. The Morgan fingerprint density at radius 3 is 2.34 bits per heavy atom. The molecule has 3 aromatic rings. The molecule has 0 saturated carbocycles. The molecule has 0 bridgehead atoms. The second-order valence-electron chi connectivity index (χ2n) is 9.25. The average Bonchev–Trinajstić information content (AvgIpc) is 2.80. The molecule has 0 spiro atoms. The van der Waals surface area contributed by atoms with Crippen molar-refractivity contribution < 1.29 is 17.9 Å². The zero-order chi connectivity index (χ0) is 25.6. The first-order valence-electron chi connectivity index (χ1n) is 11.3. The molecule has 0 aliphatic rings. The number of benzene rings is 3. The molecule has 0 heterocycles. The van der Waals surface area contributed by atoms with Gasteiger partial charge in [-0.15, -0.1) is 0 Å². The van der Waals surface area contributed by atoms with E-state index in [1.54, 1.807) is 48.5 Å². The minimum absolute atomic E-state index is 0.0748. The van der Waals surface area contributed by atoms with Gasteiger partial charge in [0, 0.05) is 4.47 Å². The summed E-state index contributed by atoms with van der Waals surface area (Å²) < 4.78 is 34.6. The van der Waals surface area contributed by atoms with E-state index in [1.165, 1.54) is 0 Å². The topological polar surface area (TPSA) is 75.7 Å². The van der Waals surface area contributed by atoms with E-state index < -0.39 is 15.9 Å². The summed E-state index contributed by atoms with van der Waals surface area (Å²) in [6, 6.07) is 21.3. The third-order valence-electron chi connectivity index (χ3n) is 5.37. The molecule has 8 heteroatoms. The SMILES string of the molecule is Cc1ccc(S(=O)(=O)N(CC(=O)NCCOc2ccccc2C(C)(C)C)c2cccc(Br)c2)cc1. The zero-order valence-corrected chi connectivity index (χ0v) is 22.8. The molecule has 0 aliphatic heterocycles. The quantitative estimate of drug-likeness (QED) is 0.354. The molecule has 0 radical (unpaired) electrons. The lowest BCUT2D eigenvalue weighted by atomic mass is 9.86. The lowest BCUT2D eigenvalue weighted by molar-refractivity contribution is -0.119. The first kappa shape index (κ1) is 26.8. The summed E-state index contributed by atoms with van der Waals surface area (Å²) in [6.07, 6.45) is 0. The van der Waals surface area contributed by atoms with Crippen molar-refractivity contribution in [1.82, 2.24) is 5.32 Å². The van der Waals surface area contributed by atoms with Crippen molar-refractivity contribution in [1.29, 1.82) is 0 Å². The van der Waals surface area contributed by atoms with Crippen LogP contribution in [0.2, 0.25) is 0 Å². The first-order valence-corrected chi connectivity index (χ1v) is 13.6. The van der Waals surface area contributed by atoms with Gasteiger partial charge in [0.15, 0.2) is 0 Å². The van der Waals surface area contributed by atoms with Gasteiger partial charge in [0.25, 0.3) is 10.0 Å². The van der Waals surface area contributed by atoms with E-state index in [0.29, 0.717) is 10.2 Å². The summed E-state index contributed by atoms with van der Waals surface area (Å²) in [5, 5.41) is 2.78. The summed E-state index contributed by atoms with van der Waals surface area (Å²) in [5.41, 5.74) is 2.35. The number of hydrogen-bond donors (Lipinski definition) is 1. The monoisotopic (exact) mass is 558 g/mol. The van der Waals surface area contributed by atoms with E-state index in [0.717, 1.165) is 21.2 Å². The van der Waals surface area contributed by atoms with Crippen molar-refractivity contribution >= 4 is 37.5 Å². The third-order valence-corrected chi connectivity index (χ3v) is 7.65. The normalized spacial score (nSPS) is 11.7. The number of aryl methyl sites for hydroxylation is 1. The Kier molecular flexibility index (Phi) is 8.61. The van der Waals surface area contributed by atoms with E-state index in [-0.39, 0.29) is 30.0 Å². The zero-order valence-electron chi connectivity index (χ0n) is 20.4. The van der Waals surface area contributed by atoms with Crippen LogP contribution in [0.1, 0.15) is 31.9 Å². The highest BCUT2D eigenvalue weighted by Crippen LogP contribution is 2.31. The molecule has 0 fully saturated rings. The fourth-order valence-corrected chi connectivity index (χ4v) is 5.33. The number of hydrogen-bond acceptors (Lipinski definition) is 4. The molecule has 186 valence electrons. The number of nitrogens with one attached hydrogen (secondary N) is 1. The summed E-state index contributed by atoms with van der Waals surface area (Å²) in [6.45, 7) is 8.38. The van der Waals surface area contributed by atoms with Gasteiger partial charge in [0.05, 0.1) is 17.1 Å². The van der Waals surface area contributed by atoms with Gasteiger partial charge in [-0.05, 0) is 54.3 Å².